The van der Waals surface area contributed by atoms with Crippen molar-refractivity contribution in [1.29, 1.82) is 0 Å². The quantitative estimate of drug-likeness (QED) is 0.580. The minimum atomic E-state index is -3.92. The molecule has 1 aromatic rings. The van der Waals surface area contributed by atoms with Gasteiger partial charge >= 0.3 is 0 Å². The zero-order valence-corrected chi connectivity index (χ0v) is 9.09. The van der Waals surface area contributed by atoms with Crippen LogP contribution in [-0.4, -0.2) is 42.9 Å². The highest BCUT2D eigenvalue weighted by atomic mass is 32.2. The highest BCUT2D eigenvalue weighted by molar-refractivity contribution is 7.89. The van der Waals surface area contributed by atoms with E-state index in [1.165, 1.54) is 18.3 Å². The first kappa shape index (κ1) is 12.8. The molecule has 0 fully saturated rings. The summed E-state index contributed by atoms with van der Waals surface area (Å²) in [6.07, 6.45) is 0.227. The second-order valence-electron chi connectivity index (χ2n) is 3.00. The summed E-state index contributed by atoms with van der Waals surface area (Å²) in [6.45, 7) is -0.756. The van der Waals surface area contributed by atoms with Crippen molar-refractivity contribution in [2.24, 2.45) is 5.14 Å². The number of rotatable bonds is 5. The van der Waals surface area contributed by atoms with E-state index >= 15 is 0 Å². The normalized spacial score (nSPS) is 13.4. The summed E-state index contributed by atoms with van der Waals surface area (Å²) in [7, 11) is -3.92. The van der Waals surface area contributed by atoms with Crippen molar-refractivity contribution in [3.63, 3.8) is 0 Å². The number of hydrogen-bond donors (Lipinski definition) is 3. The van der Waals surface area contributed by atoms with E-state index in [9.17, 15) is 8.42 Å². The zero-order chi connectivity index (χ0) is 12.2. The second-order valence-corrected chi connectivity index (χ2v) is 4.53. The molecule has 90 valence electrons. The number of nitrogens with zero attached hydrogens (tertiary/aromatic N) is 1. The highest BCUT2D eigenvalue weighted by Gasteiger charge is 2.16. The van der Waals surface area contributed by atoms with E-state index in [0.717, 1.165) is 0 Å². The summed E-state index contributed by atoms with van der Waals surface area (Å²) in [4.78, 5) is 3.41. The minimum absolute atomic E-state index is 0.197. The van der Waals surface area contributed by atoms with Crippen LogP contribution < -0.4 is 9.88 Å². The first-order valence-electron chi connectivity index (χ1n) is 4.34. The van der Waals surface area contributed by atoms with Gasteiger partial charge in [0, 0.05) is 6.20 Å². The van der Waals surface area contributed by atoms with Gasteiger partial charge in [-0.15, -0.1) is 0 Å². The van der Waals surface area contributed by atoms with Gasteiger partial charge in [-0.3, -0.25) is 0 Å². The molecule has 1 atom stereocenters. The fraction of sp³-hybridized carbons (Fsp3) is 0.375. The van der Waals surface area contributed by atoms with E-state index in [-0.39, 0.29) is 17.4 Å². The summed E-state index contributed by atoms with van der Waals surface area (Å²) < 4.78 is 27.2. The van der Waals surface area contributed by atoms with Crippen molar-refractivity contribution in [2.45, 2.75) is 11.0 Å². The molecule has 0 radical (unpaired) electrons. The lowest BCUT2D eigenvalue weighted by molar-refractivity contribution is 0.0510. The Kier molecular flexibility index (Phi) is 4.19. The van der Waals surface area contributed by atoms with E-state index in [4.69, 9.17) is 20.1 Å². The van der Waals surface area contributed by atoms with Crippen LogP contribution in [0.25, 0.3) is 0 Å². The third kappa shape index (κ3) is 3.42. The molecule has 1 heterocycles. The molecule has 0 bridgehead atoms. The summed E-state index contributed by atoms with van der Waals surface area (Å²) in [5.74, 6) is -0.197. The molecule has 0 aliphatic carbocycles. The molecule has 16 heavy (non-hydrogen) atoms. The molecule has 0 aliphatic heterocycles. The number of nitrogens with two attached hydrogens (primary N) is 1. The Morgan fingerprint density at radius 1 is 1.56 bits per heavy atom. The maximum absolute atomic E-state index is 11.1. The van der Waals surface area contributed by atoms with Crippen molar-refractivity contribution < 1.29 is 23.4 Å². The van der Waals surface area contributed by atoms with Crippen molar-refractivity contribution in [3.8, 4) is 5.88 Å². The molecular formula is C8H12N2O5S. The molecule has 1 rings (SSSR count). The molecular weight excluding hydrogens is 236 g/mol. The van der Waals surface area contributed by atoms with Crippen LogP contribution in [0.3, 0.4) is 0 Å². The van der Waals surface area contributed by atoms with Crippen LogP contribution >= 0.6 is 0 Å². The minimum Gasteiger partial charge on any atom is -0.474 e. The number of aliphatic hydroxyl groups is 2. The van der Waals surface area contributed by atoms with Gasteiger partial charge in [-0.1, -0.05) is 0 Å². The van der Waals surface area contributed by atoms with Gasteiger partial charge in [0.15, 0.2) is 0 Å². The average molecular weight is 248 g/mol. The Labute approximate surface area is 92.5 Å². The lowest BCUT2D eigenvalue weighted by Crippen LogP contribution is -2.23. The lowest BCUT2D eigenvalue weighted by atomic mass is 10.4. The third-order valence-corrected chi connectivity index (χ3v) is 2.59. The fourth-order valence-electron chi connectivity index (χ4n) is 0.929. The van der Waals surface area contributed by atoms with Crippen molar-refractivity contribution in [2.75, 3.05) is 13.2 Å². The molecule has 0 saturated heterocycles. The molecule has 0 saturated carbocycles. The number of hydrogen-bond acceptors (Lipinski definition) is 6. The number of aromatic nitrogens is 1. The molecule has 0 aliphatic rings. The predicted octanol–water partition coefficient (Wildman–Crippen LogP) is -1.54. The van der Waals surface area contributed by atoms with E-state index in [1.54, 1.807) is 0 Å². The number of aliphatic hydroxyl groups excluding tert-OH is 2. The first-order chi connectivity index (χ1) is 7.45. The van der Waals surface area contributed by atoms with Gasteiger partial charge in [-0.05, 0) is 12.1 Å². The molecule has 0 amide bonds. The Bertz CT molecular complexity index is 447. The van der Waals surface area contributed by atoms with E-state index in [0.29, 0.717) is 0 Å². The van der Waals surface area contributed by atoms with Crippen molar-refractivity contribution >= 4 is 10.0 Å². The summed E-state index contributed by atoms with van der Waals surface area (Å²) in [5, 5.41) is 22.5. The predicted molar refractivity (Wildman–Crippen MR) is 54.2 cm³/mol. The van der Waals surface area contributed by atoms with Crippen LogP contribution in [0.5, 0.6) is 5.88 Å². The van der Waals surface area contributed by atoms with E-state index in [2.05, 4.69) is 4.98 Å². The maximum atomic E-state index is 11.1. The Morgan fingerprint density at radius 2 is 2.25 bits per heavy atom. The zero-order valence-electron chi connectivity index (χ0n) is 8.28. The Balaban J connectivity index is 2.88. The van der Waals surface area contributed by atoms with Crippen molar-refractivity contribution in [3.05, 3.63) is 18.3 Å². The van der Waals surface area contributed by atoms with E-state index < -0.39 is 22.7 Å². The Hall–Kier alpha value is -1.22. The van der Waals surface area contributed by atoms with Gasteiger partial charge in [-0.25, -0.2) is 18.5 Å². The summed E-state index contributed by atoms with van der Waals surface area (Å²) >= 11 is 0. The number of sulfonamides is 1. The fourth-order valence-corrected chi connectivity index (χ4v) is 1.55. The smallest absolute Gasteiger partial charge is 0.243 e. The second kappa shape index (κ2) is 5.21. The number of primary sulfonamides is 1. The summed E-state index contributed by atoms with van der Waals surface area (Å²) in [6, 6.07) is 2.64. The van der Waals surface area contributed by atoms with Crippen LogP contribution in [-0.2, 0) is 10.0 Å². The molecule has 7 nitrogen and oxygen atoms in total. The molecule has 1 unspecified atom stereocenters. The van der Waals surface area contributed by atoms with Gasteiger partial charge < -0.3 is 14.9 Å². The highest BCUT2D eigenvalue weighted by Crippen LogP contribution is 2.18. The van der Waals surface area contributed by atoms with Gasteiger partial charge in [-0.2, -0.15) is 0 Å². The average Bonchev–Trinajstić information content (AvgIpc) is 2.25. The Morgan fingerprint density at radius 3 is 2.81 bits per heavy atom. The van der Waals surface area contributed by atoms with Gasteiger partial charge in [0.1, 0.15) is 17.6 Å². The van der Waals surface area contributed by atoms with Crippen LogP contribution in [0.4, 0.5) is 0 Å². The van der Waals surface area contributed by atoms with Crippen LogP contribution in [0.1, 0.15) is 0 Å². The monoisotopic (exact) mass is 248 g/mol. The van der Waals surface area contributed by atoms with Crippen LogP contribution in [0, 0.1) is 0 Å². The molecule has 1 aromatic heterocycles. The first-order valence-corrected chi connectivity index (χ1v) is 5.89. The largest absolute Gasteiger partial charge is 0.474 e. The van der Waals surface area contributed by atoms with Crippen LogP contribution in [0.2, 0.25) is 0 Å². The van der Waals surface area contributed by atoms with Gasteiger partial charge in [0.25, 0.3) is 0 Å². The van der Waals surface area contributed by atoms with Gasteiger partial charge in [0.2, 0.25) is 15.9 Å². The van der Waals surface area contributed by atoms with Gasteiger partial charge in [0.05, 0.1) is 6.61 Å². The molecule has 8 heteroatoms. The molecule has 4 N–H and O–H groups in total. The topological polar surface area (TPSA) is 123 Å². The third-order valence-electron chi connectivity index (χ3n) is 1.67. The number of ether oxygens (including phenoxy) is 1. The van der Waals surface area contributed by atoms with Crippen molar-refractivity contribution in [1.82, 2.24) is 4.98 Å². The lowest BCUT2D eigenvalue weighted by Gasteiger charge is -2.10. The number of pyridine rings is 1. The summed E-state index contributed by atoms with van der Waals surface area (Å²) in [5.41, 5.74) is 0. The maximum Gasteiger partial charge on any atom is 0.243 e. The SMILES string of the molecule is NS(=O)(=O)c1cccnc1OCC(O)CO. The molecule has 0 spiro atoms. The van der Waals surface area contributed by atoms with Crippen LogP contribution in [0.15, 0.2) is 23.2 Å². The standard InChI is InChI=1S/C8H12N2O5S/c9-16(13,14)7-2-1-3-10-8(7)15-5-6(12)4-11/h1-3,6,11-12H,4-5H2,(H2,9,13,14). The van der Waals surface area contributed by atoms with E-state index in [1.807, 2.05) is 0 Å². The molecule has 0 aromatic carbocycles.